The number of carbonyl (C=O) groups is 1. The Hall–Kier alpha value is -1.95. The third-order valence-corrected chi connectivity index (χ3v) is 4.09. The van der Waals surface area contributed by atoms with Crippen LogP contribution in [0.25, 0.3) is 0 Å². The third kappa shape index (κ3) is 2.31. The van der Waals surface area contributed by atoms with Gasteiger partial charge in [-0.3, -0.25) is 10.1 Å². The summed E-state index contributed by atoms with van der Waals surface area (Å²) in [4.78, 5) is 17.5. The molecule has 2 aromatic rings. The molecule has 0 fully saturated rings. The third-order valence-electron chi connectivity index (χ3n) is 3.02. The number of aromatic hydroxyl groups is 1. The van der Waals surface area contributed by atoms with Crippen LogP contribution in [0.15, 0.2) is 18.2 Å². The number of aryl methyl sites for hydroxylation is 2. The summed E-state index contributed by atoms with van der Waals surface area (Å²) in [6.07, 6.45) is 3.04. The van der Waals surface area contributed by atoms with Gasteiger partial charge in [0.15, 0.2) is 5.13 Å². The normalized spacial score (nSPS) is 13.3. The number of halogens is 1. The lowest BCUT2D eigenvalue weighted by Gasteiger charge is -2.04. The van der Waals surface area contributed by atoms with Crippen LogP contribution in [0.1, 0.15) is 27.3 Å². The summed E-state index contributed by atoms with van der Waals surface area (Å²) >= 11 is 1.44. The van der Waals surface area contributed by atoms with Gasteiger partial charge in [-0.15, -0.1) is 11.3 Å². The largest absolute Gasteiger partial charge is 0.507 e. The van der Waals surface area contributed by atoms with E-state index in [-0.39, 0.29) is 11.3 Å². The summed E-state index contributed by atoms with van der Waals surface area (Å²) in [6.45, 7) is 0. The van der Waals surface area contributed by atoms with Crippen LogP contribution in [0.4, 0.5) is 9.52 Å². The first-order valence-electron chi connectivity index (χ1n) is 5.92. The number of hydrogen-bond acceptors (Lipinski definition) is 4. The standard InChI is InChI=1S/C13H11FN2O2S/c14-7-4-5-10(17)8(6-7)12(18)16-13-15-9-2-1-3-11(9)19-13/h4-6,17H,1-3H2,(H,15,16,18). The predicted molar refractivity (Wildman–Crippen MR) is 70.2 cm³/mol. The summed E-state index contributed by atoms with van der Waals surface area (Å²) in [6, 6.07) is 3.27. The van der Waals surface area contributed by atoms with E-state index in [0.29, 0.717) is 5.13 Å². The zero-order chi connectivity index (χ0) is 13.4. The van der Waals surface area contributed by atoms with E-state index < -0.39 is 11.7 Å². The topological polar surface area (TPSA) is 62.2 Å². The molecule has 0 saturated carbocycles. The van der Waals surface area contributed by atoms with Crippen LogP contribution in [0.5, 0.6) is 5.75 Å². The molecule has 2 N–H and O–H groups in total. The van der Waals surface area contributed by atoms with Crippen molar-refractivity contribution in [3.63, 3.8) is 0 Å². The highest BCUT2D eigenvalue weighted by molar-refractivity contribution is 7.16. The number of thiazole rings is 1. The molecule has 0 atom stereocenters. The van der Waals surface area contributed by atoms with Crippen molar-refractivity contribution in [2.45, 2.75) is 19.3 Å². The van der Waals surface area contributed by atoms with Gasteiger partial charge in [0.25, 0.3) is 5.91 Å². The Labute approximate surface area is 112 Å². The van der Waals surface area contributed by atoms with E-state index in [1.165, 1.54) is 16.2 Å². The maximum absolute atomic E-state index is 13.1. The SMILES string of the molecule is O=C(Nc1nc2c(s1)CCC2)c1cc(F)ccc1O. The van der Waals surface area contributed by atoms with Crippen molar-refractivity contribution in [2.75, 3.05) is 5.32 Å². The van der Waals surface area contributed by atoms with E-state index in [1.54, 1.807) is 0 Å². The lowest BCUT2D eigenvalue weighted by atomic mass is 10.2. The molecular weight excluding hydrogens is 267 g/mol. The molecule has 1 heterocycles. The van der Waals surface area contributed by atoms with Crippen LogP contribution in [0.3, 0.4) is 0 Å². The minimum atomic E-state index is -0.565. The Balaban J connectivity index is 1.82. The summed E-state index contributed by atoms with van der Waals surface area (Å²) in [7, 11) is 0. The molecular formula is C13H11FN2O2S. The molecule has 0 unspecified atom stereocenters. The molecule has 1 amide bonds. The molecule has 0 radical (unpaired) electrons. The molecule has 1 aromatic carbocycles. The first-order valence-corrected chi connectivity index (χ1v) is 6.73. The molecule has 4 nitrogen and oxygen atoms in total. The number of nitrogens with zero attached hydrogens (tertiary/aromatic N) is 1. The smallest absolute Gasteiger partial charge is 0.261 e. The van der Waals surface area contributed by atoms with Crippen molar-refractivity contribution in [3.8, 4) is 5.75 Å². The second-order valence-electron chi connectivity index (χ2n) is 4.36. The number of carbonyl (C=O) groups excluding carboxylic acids is 1. The fourth-order valence-electron chi connectivity index (χ4n) is 2.10. The molecule has 0 spiro atoms. The molecule has 19 heavy (non-hydrogen) atoms. The highest BCUT2D eigenvalue weighted by Gasteiger charge is 2.19. The molecule has 6 heteroatoms. The molecule has 1 aliphatic carbocycles. The molecule has 0 aliphatic heterocycles. The minimum absolute atomic E-state index is 0.0876. The van der Waals surface area contributed by atoms with Gasteiger partial charge in [-0.25, -0.2) is 9.37 Å². The lowest BCUT2D eigenvalue weighted by Crippen LogP contribution is -2.12. The van der Waals surface area contributed by atoms with E-state index in [4.69, 9.17) is 0 Å². The number of nitrogens with one attached hydrogen (secondary N) is 1. The fourth-order valence-corrected chi connectivity index (χ4v) is 3.14. The van der Waals surface area contributed by atoms with Crippen molar-refractivity contribution in [3.05, 3.63) is 40.2 Å². The van der Waals surface area contributed by atoms with Gasteiger partial charge in [0.1, 0.15) is 11.6 Å². The highest BCUT2D eigenvalue weighted by atomic mass is 32.1. The predicted octanol–water partition coefficient (Wildman–Crippen LogP) is 2.73. The number of benzene rings is 1. The van der Waals surface area contributed by atoms with Crippen molar-refractivity contribution in [1.82, 2.24) is 4.98 Å². The van der Waals surface area contributed by atoms with Gasteiger partial charge in [-0.1, -0.05) is 0 Å². The molecule has 1 aliphatic rings. The van der Waals surface area contributed by atoms with Crippen LogP contribution >= 0.6 is 11.3 Å². The van der Waals surface area contributed by atoms with E-state index >= 15 is 0 Å². The van der Waals surface area contributed by atoms with E-state index in [1.807, 2.05) is 0 Å². The number of fused-ring (bicyclic) bond motifs is 1. The van der Waals surface area contributed by atoms with Crippen molar-refractivity contribution >= 4 is 22.4 Å². The van der Waals surface area contributed by atoms with E-state index in [9.17, 15) is 14.3 Å². The summed E-state index contributed by atoms with van der Waals surface area (Å²) in [5, 5.41) is 12.7. The molecule has 1 aromatic heterocycles. The van der Waals surface area contributed by atoms with Crippen LogP contribution in [0.2, 0.25) is 0 Å². The van der Waals surface area contributed by atoms with Gasteiger partial charge in [0, 0.05) is 4.88 Å². The second-order valence-corrected chi connectivity index (χ2v) is 5.44. The van der Waals surface area contributed by atoms with E-state index in [0.717, 1.165) is 43.2 Å². The number of aromatic nitrogens is 1. The zero-order valence-electron chi connectivity index (χ0n) is 9.94. The number of anilines is 1. The number of phenolic OH excluding ortho intramolecular Hbond substituents is 1. The Bertz CT molecular complexity index is 633. The summed E-state index contributed by atoms with van der Waals surface area (Å²) < 4.78 is 13.1. The van der Waals surface area contributed by atoms with Crippen molar-refractivity contribution < 1.29 is 14.3 Å². The van der Waals surface area contributed by atoms with Gasteiger partial charge in [-0.2, -0.15) is 0 Å². The number of hydrogen-bond donors (Lipinski definition) is 2. The van der Waals surface area contributed by atoms with E-state index in [2.05, 4.69) is 10.3 Å². The minimum Gasteiger partial charge on any atom is -0.507 e. The quantitative estimate of drug-likeness (QED) is 0.888. The Morgan fingerprint density at radius 3 is 3.05 bits per heavy atom. The monoisotopic (exact) mass is 278 g/mol. The van der Waals surface area contributed by atoms with Gasteiger partial charge < -0.3 is 5.11 Å². The average Bonchev–Trinajstić information content (AvgIpc) is 2.92. The van der Waals surface area contributed by atoms with Gasteiger partial charge >= 0.3 is 0 Å². The van der Waals surface area contributed by atoms with Crippen LogP contribution in [0, 0.1) is 5.82 Å². The van der Waals surface area contributed by atoms with Gasteiger partial charge in [0.2, 0.25) is 0 Å². The zero-order valence-corrected chi connectivity index (χ0v) is 10.8. The lowest BCUT2D eigenvalue weighted by molar-refractivity contribution is 0.102. The van der Waals surface area contributed by atoms with Crippen LogP contribution in [-0.2, 0) is 12.8 Å². The first-order chi connectivity index (χ1) is 9.13. The van der Waals surface area contributed by atoms with Crippen LogP contribution in [-0.4, -0.2) is 16.0 Å². The Morgan fingerprint density at radius 1 is 1.42 bits per heavy atom. The first kappa shape index (κ1) is 12.1. The maximum Gasteiger partial charge on any atom is 0.261 e. The van der Waals surface area contributed by atoms with Crippen molar-refractivity contribution in [1.29, 1.82) is 0 Å². The Kier molecular flexibility index (Phi) is 2.94. The number of amides is 1. The van der Waals surface area contributed by atoms with Crippen LogP contribution < -0.4 is 5.32 Å². The fraction of sp³-hybridized carbons (Fsp3) is 0.231. The Morgan fingerprint density at radius 2 is 2.26 bits per heavy atom. The molecule has 3 rings (SSSR count). The summed E-state index contributed by atoms with van der Waals surface area (Å²) in [5.41, 5.74) is 0.944. The highest BCUT2D eigenvalue weighted by Crippen LogP contribution is 2.31. The average molecular weight is 278 g/mol. The van der Waals surface area contributed by atoms with Crippen molar-refractivity contribution in [2.24, 2.45) is 0 Å². The number of rotatable bonds is 2. The molecule has 0 bridgehead atoms. The summed E-state index contributed by atoms with van der Waals surface area (Å²) in [5.74, 6) is -1.36. The van der Waals surface area contributed by atoms with Gasteiger partial charge in [-0.05, 0) is 37.5 Å². The number of phenols is 1. The molecule has 98 valence electrons. The maximum atomic E-state index is 13.1. The second kappa shape index (κ2) is 4.62. The molecule has 0 saturated heterocycles. The van der Waals surface area contributed by atoms with Gasteiger partial charge in [0.05, 0.1) is 11.3 Å².